The Bertz CT molecular complexity index is 650. The van der Waals surface area contributed by atoms with Crippen LogP contribution in [0.15, 0.2) is 24.3 Å². The molecule has 0 fully saturated rings. The smallest absolute Gasteiger partial charge is 0.258 e. The summed E-state index contributed by atoms with van der Waals surface area (Å²) >= 11 is 0. The van der Waals surface area contributed by atoms with Gasteiger partial charge in [-0.1, -0.05) is 25.6 Å². The van der Waals surface area contributed by atoms with Gasteiger partial charge >= 0.3 is 0 Å². The molecular formula is C15H13NO2Si. The second-order valence-electron chi connectivity index (χ2n) is 4.80. The van der Waals surface area contributed by atoms with Crippen molar-refractivity contribution in [1.82, 2.24) is 0 Å². The molecule has 0 aromatic heterocycles. The van der Waals surface area contributed by atoms with E-state index in [1.165, 1.54) is 12.1 Å². The van der Waals surface area contributed by atoms with E-state index in [-0.39, 0.29) is 5.69 Å². The third kappa shape index (κ3) is 6.12. The Kier molecular flexibility index (Phi) is 4.95. The zero-order chi connectivity index (χ0) is 14.3. The summed E-state index contributed by atoms with van der Waals surface area (Å²) in [6.07, 6.45) is 0. The fraction of sp³-hybridized carbons (Fsp3) is 0.200. The van der Waals surface area contributed by atoms with Gasteiger partial charge in [0.1, 0.15) is 8.07 Å². The normalized spacial score (nSPS) is 9.00. The van der Waals surface area contributed by atoms with Crippen LogP contribution in [0.2, 0.25) is 19.6 Å². The van der Waals surface area contributed by atoms with Gasteiger partial charge in [-0.15, -0.1) is 5.54 Å². The van der Waals surface area contributed by atoms with Crippen molar-refractivity contribution >= 4 is 13.8 Å². The number of hydrogen-bond donors (Lipinski definition) is 0. The Hall–Kier alpha value is -2.48. The summed E-state index contributed by atoms with van der Waals surface area (Å²) in [5.74, 6) is 13.6. The molecule has 1 aromatic rings. The quantitative estimate of drug-likeness (QED) is 0.340. The Morgan fingerprint density at radius 3 is 2.11 bits per heavy atom. The van der Waals surface area contributed by atoms with Crippen molar-refractivity contribution in [1.29, 1.82) is 0 Å². The summed E-state index contributed by atoms with van der Waals surface area (Å²) in [7, 11) is -1.37. The molecule has 0 amide bonds. The minimum absolute atomic E-state index is 0.0534. The second kappa shape index (κ2) is 6.45. The SMILES string of the molecule is C[Si](C)(C)C#CC#CC#Cc1ccc([N+](=O)[O-])cc1. The minimum Gasteiger partial charge on any atom is -0.258 e. The molecule has 0 N–H and O–H groups in total. The van der Waals surface area contributed by atoms with Crippen LogP contribution >= 0.6 is 0 Å². The third-order valence-corrected chi connectivity index (χ3v) is 2.78. The molecule has 3 nitrogen and oxygen atoms in total. The summed E-state index contributed by atoms with van der Waals surface area (Å²) in [5.41, 5.74) is 3.86. The van der Waals surface area contributed by atoms with Crippen LogP contribution in [0.25, 0.3) is 0 Å². The molecule has 1 rings (SSSR count). The number of hydrogen-bond acceptors (Lipinski definition) is 2. The number of non-ortho nitro benzene ring substituents is 1. The van der Waals surface area contributed by atoms with Crippen LogP contribution in [0.4, 0.5) is 5.69 Å². The number of benzene rings is 1. The molecule has 94 valence electrons. The molecule has 0 aliphatic carbocycles. The average Bonchev–Trinajstić information content (AvgIpc) is 2.33. The molecule has 0 spiro atoms. The van der Waals surface area contributed by atoms with Gasteiger partial charge in [0.05, 0.1) is 4.92 Å². The summed E-state index contributed by atoms with van der Waals surface area (Å²) in [5, 5.41) is 10.5. The molecule has 0 saturated carbocycles. The molecule has 19 heavy (non-hydrogen) atoms. The molecular weight excluding hydrogens is 254 g/mol. The van der Waals surface area contributed by atoms with Crippen molar-refractivity contribution in [3.05, 3.63) is 39.9 Å². The van der Waals surface area contributed by atoms with E-state index in [9.17, 15) is 10.1 Å². The van der Waals surface area contributed by atoms with E-state index in [0.29, 0.717) is 5.56 Å². The monoisotopic (exact) mass is 267 g/mol. The van der Waals surface area contributed by atoms with E-state index in [1.807, 2.05) is 0 Å². The van der Waals surface area contributed by atoms with Gasteiger partial charge in [0, 0.05) is 17.7 Å². The lowest BCUT2D eigenvalue weighted by molar-refractivity contribution is -0.384. The van der Waals surface area contributed by atoms with Gasteiger partial charge in [-0.05, 0) is 35.8 Å². The molecule has 4 heteroatoms. The Morgan fingerprint density at radius 1 is 1.00 bits per heavy atom. The van der Waals surface area contributed by atoms with E-state index in [1.54, 1.807) is 12.1 Å². The first-order valence-corrected chi connectivity index (χ1v) is 9.16. The fourth-order valence-corrected chi connectivity index (χ4v) is 1.49. The van der Waals surface area contributed by atoms with E-state index in [0.717, 1.165) is 0 Å². The molecule has 0 saturated heterocycles. The van der Waals surface area contributed by atoms with Crippen molar-refractivity contribution < 1.29 is 4.92 Å². The predicted molar refractivity (Wildman–Crippen MR) is 78.9 cm³/mol. The largest absolute Gasteiger partial charge is 0.269 e. The van der Waals surface area contributed by atoms with Crippen LogP contribution in [0.3, 0.4) is 0 Å². The van der Waals surface area contributed by atoms with E-state index in [2.05, 4.69) is 54.8 Å². The number of nitro groups is 1. The third-order valence-electron chi connectivity index (χ3n) is 1.91. The van der Waals surface area contributed by atoms with Crippen LogP contribution in [0.5, 0.6) is 0 Å². The summed E-state index contributed by atoms with van der Waals surface area (Å²) in [6, 6.07) is 6.03. The van der Waals surface area contributed by atoms with Crippen LogP contribution in [0, 0.1) is 45.3 Å². The molecule has 0 atom stereocenters. The number of nitro benzene ring substituents is 1. The molecule has 0 aliphatic heterocycles. The number of nitrogens with zero attached hydrogens (tertiary/aromatic N) is 1. The minimum atomic E-state index is -1.37. The zero-order valence-corrected chi connectivity index (χ0v) is 12.1. The highest BCUT2D eigenvalue weighted by Gasteiger charge is 2.06. The summed E-state index contributed by atoms with van der Waals surface area (Å²) < 4.78 is 0. The topological polar surface area (TPSA) is 43.1 Å². The molecule has 0 heterocycles. The van der Waals surface area contributed by atoms with Crippen LogP contribution in [0.1, 0.15) is 5.56 Å². The maximum Gasteiger partial charge on any atom is 0.269 e. The van der Waals surface area contributed by atoms with E-state index < -0.39 is 13.0 Å². The first-order chi connectivity index (χ1) is 8.88. The van der Waals surface area contributed by atoms with Gasteiger partial charge in [-0.3, -0.25) is 10.1 Å². The number of rotatable bonds is 1. The highest BCUT2D eigenvalue weighted by Crippen LogP contribution is 2.10. The van der Waals surface area contributed by atoms with Crippen molar-refractivity contribution in [2.75, 3.05) is 0 Å². The summed E-state index contributed by atoms with van der Waals surface area (Å²) in [6.45, 7) is 6.43. The zero-order valence-electron chi connectivity index (χ0n) is 11.1. The van der Waals surface area contributed by atoms with E-state index >= 15 is 0 Å². The Morgan fingerprint density at radius 2 is 1.58 bits per heavy atom. The first-order valence-electron chi connectivity index (χ1n) is 5.66. The van der Waals surface area contributed by atoms with Crippen LogP contribution < -0.4 is 0 Å². The molecule has 0 aliphatic rings. The van der Waals surface area contributed by atoms with Gasteiger partial charge in [0.2, 0.25) is 0 Å². The van der Waals surface area contributed by atoms with Crippen molar-refractivity contribution in [3.8, 4) is 35.1 Å². The van der Waals surface area contributed by atoms with Gasteiger partial charge < -0.3 is 0 Å². The molecule has 0 radical (unpaired) electrons. The lowest BCUT2D eigenvalue weighted by Gasteiger charge is -2.01. The highest BCUT2D eigenvalue weighted by atomic mass is 28.3. The van der Waals surface area contributed by atoms with Gasteiger partial charge in [0.15, 0.2) is 0 Å². The van der Waals surface area contributed by atoms with Crippen molar-refractivity contribution in [3.63, 3.8) is 0 Å². The predicted octanol–water partition coefficient (Wildman–Crippen LogP) is 2.83. The van der Waals surface area contributed by atoms with Crippen LogP contribution in [-0.2, 0) is 0 Å². The fourth-order valence-electron chi connectivity index (χ4n) is 1.05. The molecule has 1 aromatic carbocycles. The lowest BCUT2D eigenvalue weighted by Crippen LogP contribution is -2.16. The lowest BCUT2D eigenvalue weighted by atomic mass is 10.2. The Balaban J connectivity index is 2.71. The average molecular weight is 267 g/mol. The van der Waals surface area contributed by atoms with Gasteiger partial charge in [0.25, 0.3) is 5.69 Å². The second-order valence-corrected chi connectivity index (χ2v) is 9.55. The first kappa shape index (κ1) is 14.6. The van der Waals surface area contributed by atoms with Gasteiger partial charge in [-0.25, -0.2) is 0 Å². The van der Waals surface area contributed by atoms with Crippen LogP contribution in [-0.4, -0.2) is 13.0 Å². The van der Waals surface area contributed by atoms with Gasteiger partial charge in [-0.2, -0.15) is 0 Å². The Labute approximate surface area is 114 Å². The maximum atomic E-state index is 10.5. The summed E-state index contributed by atoms with van der Waals surface area (Å²) in [4.78, 5) is 10.0. The van der Waals surface area contributed by atoms with Crippen molar-refractivity contribution in [2.45, 2.75) is 19.6 Å². The highest BCUT2D eigenvalue weighted by molar-refractivity contribution is 6.83. The molecule has 0 bridgehead atoms. The van der Waals surface area contributed by atoms with Crippen molar-refractivity contribution in [2.24, 2.45) is 0 Å². The standard InChI is InChI=1S/C15H13NO2Si/c1-19(2,3)13-7-5-4-6-8-14-9-11-15(12-10-14)16(17)18/h9-12H,1-3H3. The van der Waals surface area contributed by atoms with E-state index in [4.69, 9.17) is 0 Å². The molecule has 0 unspecified atom stereocenters. The maximum absolute atomic E-state index is 10.5.